The third kappa shape index (κ3) is 4.06. The second-order valence-corrected chi connectivity index (χ2v) is 6.67. The van der Waals surface area contributed by atoms with Crippen molar-refractivity contribution in [2.75, 3.05) is 0 Å². The Morgan fingerprint density at radius 3 is 1.89 bits per heavy atom. The minimum absolute atomic E-state index is 0.0126. The lowest BCUT2D eigenvalue weighted by atomic mass is 9.89. The van der Waals surface area contributed by atoms with E-state index in [1.165, 1.54) is 0 Å². The van der Waals surface area contributed by atoms with E-state index < -0.39 is 0 Å². The molecule has 4 nitrogen and oxygen atoms in total. The van der Waals surface area contributed by atoms with Crippen LogP contribution >= 0.6 is 0 Å². The Morgan fingerprint density at radius 1 is 0.704 bits per heavy atom. The van der Waals surface area contributed by atoms with Crippen LogP contribution in [0.15, 0.2) is 54.6 Å². The Bertz CT molecular complexity index is 965. The summed E-state index contributed by atoms with van der Waals surface area (Å²) in [6, 6.07) is 15.2. The molecule has 4 heteroatoms. The number of aromatic hydroxyl groups is 4. The van der Waals surface area contributed by atoms with Crippen molar-refractivity contribution in [3.8, 4) is 23.0 Å². The van der Waals surface area contributed by atoms with E-state index in [4.69, 9.17) is 0 Å². The van der Waals surface area contributed by atoms with Gasteiger partial charge in [0.15, 0.2) is 0 Å². The van der Waals surface area contributed by atoms with Gasteiger partial charge in [0, 0.05) is 11.5 Å². The molecule has 0 saturated heterocycles. The van der Waals surface area contributed by atoms with Crippen molar-refractivity contribution >= 4 is 12.2 Å². The summed E-state index contributed by atoms with van der Waals surface area (Å²) in [4.78, 5) is 0. The minimum atomic E-state index is -0.237. The van der Waals surface area contributed by atoms with Crippen LogP contribution in [0.1, 0.15) is 40.7 Å². The van der Waals surface area contributed by atoms with Gasteiger partial charge in [-0.25, -0.2) is 0 Å². The third-order valence-corrected chi connectivity index (χ3v) is 4.67. The highest BCUT2D eigenvalue weighted by Gasteiger charge is 2.18. The summed E-state index contributed by atoms with van der Waals surface area (Å²) in [7, 11) is 0. The van der Waals surface area contributed by atoms with Crippen molar-refractivity contribution < 1.29 is 20.4 Å². The van der Waals surface area contributed by atoms with Gasteiger partial charge < -0.3 is 20.4 Å². The van der Waals surface area contributed by atoms with Crippen LogP contribution in [0.5, 0.6) is 23.0 Å². The molecule has 0 aliphatic carbocycles. The van der Waals surface area contributed by atoms with Gasteiger partial charge in [-0.3, -0.25) is 0 Å². The molecule has 3 rings (SSSR count). The first-order valence-electron chi connectivity index (χ1n) is 8.67. The van der Waals surface area contributed by atoms with Crippen LogP contribution in [0.3, 0.4) is 0 Å². The summed E-state index contributed by atoms with van der Waals surface area (Å²) < 4.78 is 0. The Labute approximate surface area is 158 Å². The number of benzene rings is 3. The smallest absolute Gasteiger partial charge is 0.123 e. The summed E-state index contributed by atoms with van der Waals surface area (Å²) >= 11 is 0. The van der Waals surface area contributed by atoms with Gasteiger partial charge >= 0.3 is 0 Å². The van der Waals surface area contributed by atoms with E-state index in [2.05, 4.69) is 0 Å². The fourth-order valence-corrected chi connectivity index (χ4v) is 3.08. The molecule has 138 valence electrons. The average molecular weight is 362 g/mol. The molecule has 0 amide bonds. The van der Waals surface area contributed by atoms with E-state index in [-0.39, 0.29) is 28.9 Å². The molecular formula is C23H22O4. The number of aryl methyl sites for hydroxylation is 1. The van der Waals surface area contributed by atoms with E-state index in [0.29, 0.717) is 11.1 Å². The van der Waals surface area contributed by atoms with Gasteiger partial charge in [-0.05, 0) is 59.5 Å². The van der Waals surface area contributed by atoms with Crippen molar-refractivity contribution in [2.24, 2.45) is 0 Å². The molecule has 1 atom stereocenters. The molecule has 0 radical (unpaired) electrons. The highest BCUT2D eigenvalue weighted by molar-refractivity contribution is 5.72. The average Bonchev–Trinajstić information content (AvgIpc) is 2.63. The van der Waals surface area contributed by atoms with Crippen LogP contribution in [0.25, 0.3) is 12.2 Å². The molecule has 0 fully saturated rings. The van der Waals surface area contributed by atoms with Crippen LogP contribution in [0.2, 0.25) is 0 Å². The molecule has 27 heavy (non-hydrogen) atoms. The number of hydrogen-bond acceptors (Lipinski definition) is 4. The molecule has 0 aromatic heterocycles. The van der Waals surface area contributed by atoms with Crippen LogP contribution in [-0.2, 0) is 0 Å². The van der Waals surface area contributed by atoms with E-state index in [1.54, 1.807) is 54.6 Å². The fraction of sp³-hybridized carbons (Fsp3) is 0.130. The third-order valence-electron chi connectivity index (χ3n) is 4.67. The van der Waals surface area contributed by atoms with Crippen LogP contribution in [-0.4, -0.2) is 20.4 Å². The van der Waals surface area contributed by atoms with Gasteiger partial charge in [-0.1, -0.05) is 43.3 Å². The summed E-state index contributed by atoms with van der Waals surface area (Å²) in [6.45, 7) is 3.70. The topological polar surface area (TPSA) is 80.9 Å². The van der Waals surface area contributed by atoms with Gasteiger partial charge in [0.05, 0.1) is 0 Å². The first-order chi connectivity index (χ1) is 12.8. The highest BCUT2D eigenvalue weighted by atomic mass is 16.3. The first-order valence-corrected chi connectivity index (χ1v) is 8.67. The van der Waals surface area contributed by atoms with Crippen molar-refractivity contribution in [1.29, 1.82) is 0 Å². The number of rotatable bonds is 4. The number of hydrogen-bond donors (Lipinski definition) is 4. The summed E-state index contributed by atoms with van der Waals surface area (Å²) in [5.41, 5.74) is 3.64. The molecule has 3 aromatic carbocycles. The quantitative estimate of drug-likeness (QED) is 0.485. The Hall–Kier alpha value is -3.40. The molecule has 3 aromatic rings. The van der Waals surface area contributed by atoms with Gasteiger partial charge in [0.2, 0.25) is 0 Å². The molecule has 0 spiro atoms. The SMILES string of the molecule is Cc1cc(C(C)c2c(O)cc(/C=C/c3ccc(O)cc3)cc2O)ccc1O. The number of phenolic OH excluding ortho intramolecular Hbond substituents is 4. The molecule has 0 saturated carbocycles. The molecule has 0 bridgehead atoms. The zero-order chi connectivity index (χ0) is 19.6. The van der Waals surface area contributed by atoms with Crippen molar-refractivity contribution in [3.63, 3.8) is 0 Å². The van der Waals surface area contributed by atoms with Gasteiger partial charge in [0.25, 0.3) is 0 Å². The van der Waals surface area contributed by atoms with Crippen molar-refractivity contribution in [2.45, 2.75) is 19.8 Å². The fourth-order valence-electron chi connectivity index (χ4n) is 3.08. The zero-order valence-electron chi connectivity index (χ0n) is 15.2. The molecule has 4 N–H and O–H groups in total. The standard InChI is InChI=1S/C23H22O4/c1-14-11-18(7-10-20(14)25)15(2)23-21(26)12-17(13-22(23)27)4-3-16-5-8-19(24)9-6-16/h3-13,15,24-27H,1-2H3/b4-3+. The second-order valence-electron chi connectivity index (χ2n) is 6.67. The minimum Gasteiger partial charge on any atom is -0.508 e. The Balaban J connectivity index is 1.90. The maximum Gasteiger partial charge on any atom is 0.123 e. The summed E-state index contributed by atoms with van der Waals surface area (Å²) in [5, 5.41) is 40.0. The number of phenols is 4. The van der Waals surface area contributed by atoms with Crippen LogP contribution in [0.4, 0.5) is 0 Å². The van der Waals surface area contributed by atoms with E-state index in [1.807, 2.05) is 26.0 Å². The van der Waals surface area contributed by atoms with E-state index in [0.717, 1.165) is 16.7 Å². The van der Waals surface area contributed by atoms with E-state index >= 15 is 0 Å². The molecule has 0 aliphatic rings. The molecular weight excluding hydrogens is 340 g/mol. The van der Waals surface area contributed by atoms with Gasteiger partial charge in [-0.2, -0.15) is 0 Å². The van der Waals surface area contributed by atoms with Crippen molar-refractivity contribution in [1.82, 2.24) is 0 Å². The normalized spacial score (nSPS) is 12.4. The summed E-state index contributed by atoms with van der Waals surface area (Å²) in [6.07, 6.45) is 3.62. The van der Waals surface area contributed by atoms with Crippen LogP contribution in [0, 0.1) is 6.92 Å². The first kappa shape index (κ1) is 18.4. The lowest BCUT2D eigenvalue weighted by molar-refractivity contribution is 0.435. The Morgan fingerprint density at radius 2 is 1.30 bits per heavy atom. The lowest BCUT2D eigenvalue weighted by Gasteiger charge is -2.17. The maximum atomic E-state index is 10.5. The van der Waals surface area contributed by atoms with E-state index in [9.17, 15) is 20.4 Å². The van der Waals surface area contributed by atoms with Gasteiger partial charge in [0.1, 0.15) is 23.0 Å². The monoisotopic (exact) mass is 362 g/mol. The second kappa shape index (κ2) is 7.46. The largest absolute Gasteiger partial charge is 0.508 e. The predicted molar refractivity (Wildman–Crippen MR) is 107 cm³/mol. The molecule has 0 aliphatic heterocycles. The van der Waals surface area contributed by atoms with Crippen molar-refractivity contribution in [3.05, 3.63) is 82.4 Å². The van der Waals surface area contributed by atoms with Gasteiger partial charge in [-0.15, -0.1) is 0 Å². The molecule has 1 unspecified atom stereocenters. The molecule has 0 heterocycles. The lowest BCUT2D eigenvalue weighted by Crippen LogP contribution is -1.98. The zero-order valence-corrected chi connectivity index (χ0v) is 15.2. The summed E-state index contributed by atoms with van der Waals surface area (Å²) in [5.74, 6) is 0.205. The van der Waals surface area contributed by atoms with Crippen LogP contribution < -0.4 is 0 Å². The predicted octanol–water partition coefficient (Wildman–Crippen LogP) is 5.14. The highest BCUT2D eigenvalue weighted by Crippen LogP contribution is 2.39. The maximum absolute atomic E-state index is 10.5. The Kier molecular flexibility index (Phi) is 5.08.